The smallest absolute Gasteiger partial charge is 0.226 e. The lowest BCUT2D eigenvalue weighted by Crippen LogP contribution is -2.49. The molecule has 3 fully saturated rings. The summed E-state index contributed by atoms with van der Waals surface area (Å²) in [6, 6.07) is 11.7. The van der Waals surface area contributed by atoms with Crippen molar-refractivity contribution in [2.45, 2.75) is 57.7 Å². The van der Waals surface area contributed by atoms with Crippen LogP contribution in [0, 0.1) is 11.3 Å². The predicted octanol–water partition coefficient (Wildman–Crippen LogP) is 3.73. The first-order chi connectivity index (χ1) is 12.6. The summed E-state index contributed by atoms with van der Waals surface area (Å²) in [4.78, 5) is 17.7. The van der Waals surface area contributed by atoms with Gasteiger partial charge in [-0.25, -0.2) is 0 Å². The Morgan fingerprint density at radius 1 is 1.21 bits per heavy atom. The van der Waals surface area contributed by atoms with Gasteiger partial charge in [0.2, 0.25) is 5.91 Å². The van der Waals surface area contributed by atoms with Gasteiger partial charge in [0.05, 0.1) is 0 Å². The van der Waals surface area contributed by atoms with Crippen molar-refractivity contribution in [2.75, 3.05) is 26.7 Å². The van der Waals surface area contributed by atoms with Crippen molar-refractivity contribution in [3.63, 3.8) is 0 Å². The van der Waals surface area contributed by atoms with Gasteiger partial charge < -0.3 is 10.2 Å². The fourth-order valence-electron chi connectivity index (χ4n) is 5.20. The first kappa shape index (κ1) is 23.5. The molecular formula is C22H35Cl2N3O. The molecule has 1 N–H and O–H groups in total. The second-order valence-electron chi connectivity index (χ2n) is 8.80. The fraction of sp³-hybridized carbons (Fsp3) is 0.682. The van der Waals surface area contributed by atoms with E-state index in [1.54, 1.807) is 0 Å². The molecule has 28 heavy (non-hydrogen) atoms. The molecule has 2 aliphatic heterocycles. The van der Waals surface area contributed by atoms with Crippen LogP contribution in [0.2, 0.25) is 0 Å². The second-order valence-corrected chi connectivity index (χ2v) is 8.80. The van der Waals surface area contributed by atoms with Crippen LogP contribution in [0.3, 0.4) is 0 Å². The molecule has 3 unspecified atom stereocenters. The number of hydrogen-bond acceptors (Lipinski definition) is 3. The van der Waals surface area contributed by atoms with Crippen LogP contribution in [0.4, 0.5) is 0 Å². The van der Waals surface area contributed by atoms with Crippen LogP contribution in [0.25, 0.3) is 0 Å². The predicted molar refractivity (Wildman–Crippen MR) is 119 cm³/mol. The van der Waals surface area contributed by atoms with Crippen LogP contribution in [0.15, 0.2) is 30.3 Å². The highest BCUT2D eigenvalue weighted by Crippen LogP contribution is 2.59. The molecule has 1 aromatic rings. The molecule has 158 valence electrons. The molecule has 3 aliphatic rings. The van der Waals surface area contributed by atoms with E-state index in [2.05, 4.69) is 59.4 Å². The molecule has 4 rings (SSSR count). The number of nitrogens with zero attached hydrogens (tertiary/aromatic N) is 2. The Kier molecular flexibility index (Phi) is 8.21. The summed E-state index contributed by atoms with van der Waals surface area (Å²) in [5.74, 6) is 0.716. The topological polar surface area (TPSA) is 35.6 Å². The normalized spacial score (nSPS) is 28.7. The monoisotopic (exact) mass is 427 g/mol. The third-order valence-electron chi connectivity index (χ3n) is 7.20. The summed E-state index contributed by atoms with van der Waals surface area (Å²) in [7, 11) is 2.06. The Morgan fingerprint density at radius 3 is 2.54 bits per heavy atom. The van der Waals surface area contributed by atoms with Gasteiger partial charge in [-0.05, 0) is 63.1 Å². The van der Waals surface area contributed by atoms with Crippen molar-refractivity contribution in [3.05, 3.63) is 35.9 Å². The third kappa shape index (κ3) is 4.84. The Hall–Kier alpha value is -0.810. The minimum atomic E-state index is 0. The minimum Gasteiger partial charge on any atom is -0.342 e. The van der Waals surface area contributed by atoms with Crippen LogP contribution in [0.1, 0.15) is 44.6 Å². The summed E-state index contributed by atoms with van der Waals surface area (Å²) in [6.07, 6.45) is 5.68. The van der Waals surface area contributed by atoms with Gasteiger partial charge in [-0.2, -0.15) is 0 Å². The molecule has 4 nitrogen and oxygen atoms in total. The van der Waals surface area contributed by atoms with Gasteiger partial charge in [0.15, 0.2) is 0 Å². The zero-order chi connectivity index (χ0) is 18.1. The summed E-state index contributed by atoms with van der Waals surface area (Å²) < 4.78 is 0. The lowest BCUT2D eigenvalue weighted by molar-refractivity contribution is -0.135. The SMILES string of the molecule is CC1CC(N(C)C(=O)C2CC23CCNCC3)CCN1Cc1ccccc1.Cl.Cl. The summed E-state index contributed by atoms with van der Waals surface area (Å²) in [6.45, 7) is 6.59. The molecule has 3 atom stereocenters. The first-order valence-corrected chi connectivity index (χ1v) is 10.3. The molecule has 6 heteroatoms. The van der Waals surface area contributed by atoms with E-state index in [0.29, 0.717) is 29.3 Å². The van der Waals surface area contributed by atoms with Gasteiger partial charge in [-0.3, -0.25) is 9.69 Å². The van der Waals surface area contributed by atoms with Crippen LogP contribution in [-0.4, -0.2) is 54.5 Å². The number of rotatable bonds is 4. The molecule has 1 amide bonds. The molecule has 1 aliphatic carbocycles. The maximum Gasteiger partial charge on any atom is 0.226 e. The zero-order valence-electron chi connectivity index (χ0n) is 17.1. The summed E-state index contributed by atoms with van der Waals surface area (Å²) in [5, 5.41) is 3.43. The van der Waals surface area contributed by atoms with Crippen molar-refractivity contribution in [1.29, 1.82) is 0 Å². The van der Waals surface area contributed by atoms with E-state index in [-0.39, 0.29) is 24.8 Å². The largest absolute Gasteiger partial charge is 0.342 e. The maximum atomic E-state index is 13.0. The van der Waals surface area contributed by atoms with E-state index in [0.717, 1.165) is 45.4 Å². The quantitative estimate of drug-likeness (QED) is 0.794. The van der Waals surface area contributed by atoms with E-state index in [4.69, 9.17) is 0 Å². The lowest BCUT2D eigenvalue weighted by Gasteiger charge is -2.41. The highest BCUT2D eigenvalue weighted by atomic mass is 35.5. The highest BCUT2D eigenvalue weighted by molar-refractivity contribution is 5.85. The van der Waals surface area contributed by atoms with Gasteiger partial charge >= 0.3 is 0 Å². The first-order valence-electron chi connectivity index (χ1n) is 10.3. The van der Waals surface area contributed by atoms with E-state index < -0.39 is 0 Å². The van der Waals surface area contributed by atoms with Gasteiger partial charge in [-0.15, -0.1) is 24.8 Å². The highest BCUT2D eigenvalue weighted by Gasteiger charge is 2.58. The van der Waals surface area contributed by atoms with Crippen molar-refractivity contribution in [1.82, 2.24) is 15.1 Å². The standard InChI is InChI=1S/C22H33N3O.2ClH/c1-17-14-19(8-13-25(17)16-18-6-4-3-5-7-18)24(2)21(26)20-15-22(20)9-11-23-12-10-22;;/h3-7,17,19-20,23H,8-16H2,1-2H3;2*1H. The number of halogens is 2. The number of carbonyl (C=O) groups is 1. The average Bonchev–Trinajstić information content (AvgIpc) is 3.36. The fourth-order valence-corrected chi connectivity index (χ4v) is 5.20. The molecule has 2 heterocycles. The van der Waals surface area contributed by atoms with E-state index in [1.807, 2.05) is 0 Å². The molecule has 1 aromatic carbocycles. The van der Waals surface area contributed by atoms with E-state index in [1.165, 1.54) is 18.4 Å². The van der Waals surface area contributed by atoms with Crippen molar-refractivity contribution in [3.8, 4) is 0 Å². The van der Waals surface area contributed by atoms with Gasteiger partial charge in [0.1, 0.15) is 0 Å². The van der Waals surface area contributed by atoms with E-state index >= 15 is 0 Å². The minimum absolute atomic E-state index is 0. The van der Waals surface area contributed by atoms with Crippen LogP contribution in [0.5, 0.6) is 0 Å². The van der Waals surface area contributed by atoms with Gasteiger partial charge in [-0.1, -0.05) is 30.3 Å². The molecule has 0 radical (unpaired) electrons. The van der Waals surface area contributed by atoms with Crippen LogP contribution in [-0.2, 0) is 11.3 Å². The number of hydrogen-bond donors (Lipinski definition) is 1. The van der Waals surface area contributed by atoms with E-state index in [9.17, 15) is 4.79 Å². The number of amides is 1. The Bertz CT molecular complexity index is 636. The zero-order valence-corrected chi connectivity index (χ0v) is 18.7. The number of piperidine rings is 2. The summed E-state index contributed by atoms with van der Waals surface area (Å²) in [5.41, 5.74) is 1.73. The van der Waals surface area contributed by atoms with Crippen LogP contribution < -0.4 is 5.32 Å². The number of likely N-dealkylation sites (tertiary alicyclic amines) is 1. The maximum absolute atomic E-state index is 13.0. The average molecular weight is 428 g/mol. The lowest BCUT2D eigenvalue weighted by atomic mass is 9.91. The summed E-state index contributed by atoms with van der Waals surface area (Å²) >= 11 is 0. The van der Waals surface area contributed by atoms with Gasteiger partial charge in [0.25, 0.3) is 0 Å². The molecule has 2 saturated heterocycles. The Labute approximate surface area is 182 Å². The van der Waals surface area contributed by atoms with Crippen molar-refractivity contribution in [2.24, 2.45) is 11.3 Å². The van der Waals surface area contributed by atoms with Crippen molar-refractivity contribution < 1.29 is 4.79 Å². The molecular weight excluding hydrogens is 393 g/mol. The van der Waals surface area contributed by atoms with Gasteiger partial charge in [0, 0.05) is 38.1 Å². The third-order valence-corrected chi connectivity index (χ3v) is 7.20. The van der Waals surface area contributed by atoms with Crippen LogP contribution >= 0.6 is 24.8 Å². The Balaban J connectivity index is 0.00000140. The molecule has 1 spiro atoms. The number of nitrogens with one attached hydrogen (secondary N) is 1. The van der Waals surface area contributed by atoms with Crippen molar-refractivity contribution >= 4 is 30.7 Å². The molecule has 0 bridgehead atoms. The molecule has 1 saturated carbocycles. The Morgan fingerprint density at radius 2 is 1.89 bits per heavy atom. The second kappa shape index (κ2) is 9.80. The number of benzene rings is 1. The number of carbonyl (C=O) groups excluding carboxylic acids is 1. The molecule has 0 aromatic heterocycles.